The molecule has 0 saturated heterocycles. The molecule has 0 atom stereocenters. The maximum Gasteiger partial charge on any atom is 0.308 e. The number of nitrogens with zero attached hydrogens (tertiary/aromatic N) is 3. The van der Waals surface area contributed by atoms with Gasteiger partial charge in [-0.25, -0.2) is 8.78 Å². The molecule has 1 aliphatic carbocycles. The van der Waals surface area contributed by atoms with E-state index in [1.807, 2.05) is 0 Å². The van der Waals surface area contributed by atoms with E-state index in [1.54, 1.807) is 17.8 Å². The van der Waals surface area contributed by atoms with Crippen molar-refractivity contribution in [3.05, 3.63) is 34.0 Å². The molecule has 0 radical (unpaired) electrons. The van der Waals surface area contributed by atoms with Crippen LogP contribution < -0.4 is 0 Å². The molecule has 0 spiro atoms. The number of nitro groups is 1. The van der Waals surface area contributed by atoms with Gasteiger partial charge in [-0.1, -0.05) is 0 Å². The first kappa shape index (κ1) is 18.2. The first-order chi connectivity index (χ1) is 12.4. The molecule has 140 valence electrons. The lowest BCUT2D eigenvalue weighted by molar-refractivity contribution is -0.386. The normalized spacial score (nSPS) is 20.5. The molecule has 1 aliphatic rings. The Labute approximate surface area is 148 Å². The number of hydrogen-bond acceptors (Lipinski definition) is 5. The van der Waals surface area contributed by atoms with E-state index >= 15 is 0 Å². The first-order valence-electron chi connectivity index (χ1n) is 8.52. The van der Waals surface area contributed by atoms with Gasteiger partial charge in [-0.3, -0.25) is 19.6 Å². The van der Waals surface area contributed by atoms with Crippen LogP contribution in [0.2, 0.25) is 0 Å². The van der Waals surface area contributed by atoms with Gasteiger partial charge < -0.3 is 4.74 Å². The molecule has 0 unspecified atom stereocenters. The standard InChI is InChI=1S/C17H19F2N3O4/c1-2-26-17(23)10-3-5-12(6-4-10)21-9-11-7-15(22(24)25)13(16(18)19)8-14(11)20-21/h7-10,12,16H,2-6H2,1H3/t10-,12-. The van der Waals surface area contributed by atoms with Crippen LogP contribution in [-0.2, 0) is 9.53 Å². The van der Waals surface area contributed by atoms with Crippen molar-refractivity contribution in [2.75, 3.05) is 6.61 Å². The van der Waals surface area contributed by atoms with Gasteiger partial charge in [0, 0.05) is 17.6 Å². The Bertz CT molecular complexity index is 829. The van der Waals surface area contributed by atoms with Gasteiger partial charge in [-0.05, 0) is 38.7 Å². The van der Waals surface area contributed by atoms with Gasteiger partial charge in [0.1, 0.15) is 0 Å². The van der Waals surface area contributed by atoms with Crippen LogP contribution in [0.4, 0.5) is 14.5 Å². The number of rotatable bonds is 5. The molecule has 1 heterocycles. The molecule has 1 fully saturated rings. The monoisotopic (exact) mass is 367 g/mol. The third kappa shape index (κ3) is 3.51. The maximum absolute atomic E-state index is 13.1. The number of alkyl halides is 2. The van der Waals surface area contributed by atoms with Gasteiger partial charge in [0.2, 0.25) is 0 Å². The highest BCUT2D eigenvalue weighted by atomic mass is 19.3. The second kappa shape index (κ2) is 7.35. The molecule has 3 rings (SSSR count). The quantitative estimate of drug-likeness (QED) is 0.449. The number of esters is 1. The molecule has 1 saturated carbocycles. The second-order valence-corrected chi connectivity index (χ2v) is 6.39. The zero-order chi connectivity index (χ0) is 18.8. The summed E-state index contributed by atoms with van der Waals surface area (Å²) in [5, 5.41) is 15.8. The van der Waals surface area contributed by atoms with E-state index in [4.69, 9.17) is 4.74 Å². The van der Waals surface area contributed by atoms with Crippen LogP contribution in [0.1, 0.15) is 50.6 Å². The number of halogens is 2. The molecule has 1 aromatic carbocycles. The molecule has 0 amide bonds. The van der Waals surface area contributed by atoms with E-state index in [9.17, 15) is 23.7 Å². The van der Waals surface area contributed by atoms with E-state index in [2.05, 4.69) is 5.10 Å². The third-order valence-corrected chi connectivity index (χ3v) is 4.79. The summed E-state index contributed by atoms with van der Waals surface area (Å²) in [7, 11) is 0. The van der Waals surface area contributed by atoms with Gasteiger partial charge in [0.05, 0.1) is 34.6 Å². The number of ether oxygens (including phenoxy) is 1. The topological polar surface area (TPSA) is 87.3 Å². The largest absolute Gasteiger partial charge is 0.466 e. The molecule has 26 heavy (non-hydrogen) atoms. The molecule has 2 aromatic rings. The van der Waals surface area contributed by atoms with Crippen molar-refractivity contribution in [1.29, 1.82) is 0 Å². The third-order valence-electron chi connectivity index (χ3n) is 4.79. The Hall–Kier alpha value is -2.58. The van der Waals surface area contributed by atoms with Crippen LogP contribution in [0, 0.1) is 16.0 Å². The van der Waals surface area contributed by atoms with Crippen molar-refractivity contribution in [2.45, 2.75) is 45.1 Å². The second-order valence-electron chi connectivity index (χ2n) is 6.39. The summed E-state index contributed by atoms with van der Waals surface area (Å²) in [6, 6.07) is 2.26. The Balaban J connectivity index is 1.82. The van der Waals surface area contributed by atoms with Crippen LogP contribution in [0.25, 0.3) is 10.9 Å². The lowest BCUT2D eigenvalue weighted by Crippen LogP contribution is -2.25. The number of hydrogen-bond donors (Lipinski definition) is 0. The van der Waals surface area contributed by atoms with Gasteiger partial charge in [0.25, 0.3) is 12.1 Å². The summed E-state index contributed by atoms with van der Waals surface area (Å²) in [5.41, 5.74) is -0.921. The first-order valence-corrected chi connectivity index (χ1v) is 8.52. The van der Waals surface area contributed by atoms with Crippen molar-refractivity contribution in [3.8, 4) is 0 Å². The minimum absolute atomic E-state index is 0.0298. The number of nitro benzene ring substituents is 1. The van der Waals surface area contributed by atoms with Gasteiger partial charge >= 0.3 is 5.97 Å². The molecular formula is C17H19F2N3O4. The Morgan fingerprint density at radius 2 is 2.08 bits per heavy atom. The summed E-state index contributed by atoms with van der Waals surface area (Å²) in [6.07, 6.45) is 1.46. The molecule has 0 bridgehead atoms. The van der Waals surface area contributed by atoms with E-state index in [1.165, 1.54) is 0 Å². The molecular weight excluding hydrogens is 348 g/mol. The van der Waals surface area contributed by atoms with Crippen molar-refractivity contribution in [1.82, 2.24) is 9.78 Å². The van der Waals surface area contributed by atoms with E-state index in [-0.39, 0.29) is 17.9 Å². The maximum atomic E-state index is 13.1. The molecule has 0 aliphatic heterocycles. The number of aromatic nitrogens is 2. The fourth-order valence-electron chi connectivity index (χ4n) is 3.45. The predicted molar refractivity (Wildman–Crippen MR) is 89.0 cm³/mol. The van der Waals surface area contributed by atoms with Crippen LogP contribution >= 0.6 is 0 Å². The molecule has 0 N–H and O–H groups in total. The Morgan fingerprint density at radius 3 is 2.65 bits per heavy atom. The SMILES string of the molecule is CCOC(=O)[C@H]1CC[C@H](n2cc3cc([N+](=O)[O-])c(C(F)F)cc3n2)CC1. The highest BCUT2D eigenvalue weighted by molar-refractivity contribution is 5.82. The minimum Gasteiger partial charge on any atom is -0.466 e. The van der Waals surface area contributed by atoms with E-state index < -0.39 is 22.6 Å². The van der Waals surface area contributed by atoms with Crippen LogP contribution in [0.5, 0.6) is 0 Å². The van der Waals surface area contributed by atoms with Crippen LogP contribution in [0.15, 0.2) is 18.3 Å². The van der Waals surface area contributed by atoms with Crippen LogP contribution in [-0.4, -0.2) is 27.3 Å². The van der Waals surface area contributed by atoms with E-state index in [0.29, 0.717) is 43.2 Å². The highest BCUT2D eigenvalue weighted by Crippen LogP contribution is 2.36. The van der Waals surface area contributed by atoms with Crippen molar-refractivity contribution < 1.29 is 23.2 Å². The average molecular weight is 367 g/mol. The van der Waals surface area contributed by atoms with Crippen LogP contribution in [0.3, 0.4) is 0 Å². The summed E-state index contributed by atoms with van der Waals surface area (Å²) >= 11 is 0. The average Bonchev–Trinajstić information content (AvgIpc) is 3.04. The fraction of sp³-hybridized carbons (Fsp3) is 0.529. The smallest absolute Gasteiger partial charge is 0.308 e. The zero-order valence-corrected chi connectivity index (χ0v) is 14.2. The Kier molecular flexibility index (Phi) is 5.15. The lowest BCUT2D eigenvalue weighted by atomic mass is 9.86. The predicted octanol–water partition coefficient (Wildman–Crippen LogP) is 4.18. The van der Waals surface area contributed by atoms with Crippen molar-refractivity contribution >= 4 is 22.6 Å². The fourth-order valence-corrected chi connectivity index (χ4v) is 3.45. The molecule has 1 aromatic heterocycles. The zero-order valence-electron chi connectivity index (χ0n) is 14.2. The molecule has 7 nitrogen and oxygen atoms in total. The number of benzene rings is 1. The summed E-state index contributed by atoms with van der Waals surface area (Å²) < 4.78 is 32.9. The minimum atomic E-state index is -2.94. The summed E-state index contributed by atoms with van der Waals surface area (Å²) in [4.78, 5) is 22.0. The van der Waals surface area contributed by atoms with Gasteiger partial charge in [0.15, 0.2) is 0 Å². The van der Waals surface area contributed by atoms with Crippen molar-refractivity contribution in [2.24, 2.45) is 5.92 Å². The highest BCUT2D eigenvalue weighted by Gasteiger charge is 2.29. The van der Waals surface area contributed by atoms with Crippen molar-refractivity contribution in [3.63, 3.8) is 0 Å². The summed E-state index contributed by atoms with van der Waals surface area (Å²) in [5.74, 6) is -0.309. The summed E-state index contributed by atoms with van der Waals surface area (Å²) in [6.45, 7) is 2.13. The number of carbonyl (C=O) groups excluding carboxylic acids is 1. The molecule has 9 heteroatoms. The number of fused-ring (bicyclic) bond motifs is 1. The lowest BCUT2D eigenvalue weighted by Gasteiger charge is -2.27. The van der Waals surface area contributed by atoms with E-state index in [0.717, 1.165) is 12.1 Å². The van der Waals surface area contributed by atoms with Gasteiger partial charge in [-0.15, -0.1) is 0 Å². The number of carbonyl (C=O) groups is 1. The van der Waals surface area contributed by atoms with Gasteiger partial charge in [-0.2, -0.15) is 5.10 Å². The Morgan fingerprint density at radius 1 is 1.38 bits per heavy atom.